The van der Waals surface area contributed by atoms with Gasteiger partial charge in [0.05, 0.1) is 0 Å². The van der Waals surface area contributed by atoms with Gasteiger partial charge >= 0.3 is 12.2 Å². The highest BCUT2D eigenvalue weighted by atomic mass is 19.3. The van der Waals surface area contributed by atoms with Gasteiger partial charge in [-0.3, -0.25) is 0 Å². The highest BCUT2D eigenvalue weighted by molar-refractivity contribution is 5.66. The molecule has 0 aromatic rings. The van der Waals surface area contributed by atoms with Crippen LogP contribution in [0.5, 0.6) is 0 Å². The van der Waals surface area contributed by atoms with E-state index in [4.69, 9.17) is 5.11 Å². The Morgan fingerprint density at radius 3 is 2.07 bits per heavy atom. The van der Waals surface area contributed by atoms with Crippen molar-refractivity contribution in [3.63, 3.8) is 0 Å². The molecule has 0 rings (SSSR count). The normalized spacial score (nSPS) is 9.40. The van der Waals surface area contributed by atoms with Crippen molar-refractivity contribution in [2.24, 2.45) is 0 Å². The number of carbonyl (C=O) groups is 2. The van der Waals surface area contributed by atoms with E-state index in [-0.39, 0.29) is 0 Å². The summed E-state index contributed by atoms with van der Waals surface area (Å²) in [6, 6.07) is 0. The lowest BCUT2D eigenvalue weighted by Crippen LogP contribution is -2.23. The third-order valence-electron chi connectivity index (χ3n) is 1.72. The van der Waals surface area contributed by atoms with E-state index in [1.54, 1.807) is 0 Å². The third kappa shape index (κ3) is 10.4. The first-order valence-electron chi connectivity index (χ1n) is 4.70. The van der Waals surface area contributed by atoms with Crippen molar-refractivity contribution in [2.75, 3.05) is 13.1 Å². The molecule has 0 bridgehead atoms. The van der Waals surface area contributed by atoms with Gasteiger partial charge in [-0.25, -0.2) is 14.5 Å². The molecule has 0 fully saturated rings. The molecule has 0 heterocycles. The highest BCUT2D eigenvalue weighted by Gasteiger charge is 1.99. The smallest absolute Gasteiger partial charge is 0.444 e. The maximum absolute atomic E-state index is 11.2. The summed E-state index contributed by atoms with van der Waals surface area (Å²) in [5.74, 6) is 0. The molecule has 0 aliphatic heterocycles. The molecule has 0 aromatic carbocycles. The SMILES string of the molecule is O=C(O)NCCCCCCNC(=O)OF. The third-order valence-corrected chi connectivity index (χ3v) is 1.72. The first kappa shape index (κ1) is 13.5. The van der Waals surface area contributed by atoms with Gasteiger partial charge in [0.2, 0.25) is 0 Å². The van der Waals surface area contributed by atoms with Crippen molar-refractivity contribution in [3.05, 3.63) is 0 Å². The van der Waals surface area contributed by atoms with E-state index >= 15 is 0 Å². The van der Waals surface area contributed by atoms with Gasteiger partial charge in [0, 0.05) is 17.6 Å². The Kier molecular flexibility index (Phi) is 8.12. The predicted molar refractivity (Wildman–Crippen MR) is 50.1 cm³/mol. The van der Waals surface area contributed by atoms with Gasteiger partial charge < -0.3 is 15.7 Å². The van der Waals surface area contributed by atoms with Gasteiger partial charge in [-0.05, 0) is 12.8 Å². The van der Waals surface area contributed by atoms with Crippen LogP contribution in [0.15, 0.2) is 0 Å². The number of amides is 2. The first-order valence-corrected chi connectivity index (χ1v) is 4.70. The van der Waals surface area contributed by atoms with Gasteiger partial charge in [-0.2, -0.15) is 0 Å². The minimum atomic E-state index is -1.08. The molecule has 0 saturated heterocycles. The number of carboxylic acid groups (broad SMARTS) is 1. The van der Waals surface area contributed by atoms with Crippen LogP contribution in [0.25, 0.3) is 0 Å². The molecule has 0 aliphatic carbocycles. The molecule has 0 atom stereocenters. The highest BCUT2D eigenvalue weighted by Crippen LogP contribution is 1.97. The monoisotopic (exact) mass is 222 g/mol. The van der Waals surface area contributed by atoms with Crippen molar-refractivity contribution in [1.29, 1.82) is 0 Å². The average molecular weight is 222 g/mol. The Labute approximate surface area is 86.7 Å². The summed E-state index contributed by atoms with van der Waals surface area (Å²) in [5.41, 5.74) is 0. The maximum atomic E-state index is 11.2. The van der Waals surface area contributed by atoms with Crippen LogP contribution in [-0.4, -0.2) is 30.4 Å². The van der Waals surface area contributed by atoms with Gasteiger partial charge in [0.25, 0.3) is 0 Å². The van der Waals surface area contributed by atoms with E-state index in [1.807, 2.05) is 0 Å². The summed E-state index contributed by atoms with van der Waals surface area (Å²) in [6.45, 7) is 0.782. The zero-order valence-corrected chi connectivity index (χ0v) is 8.29. The molecule has 0 saturated carbocycles. The van der Waals surface area contributed by atoms with Gasteiger partial charge in [0.15, 0.2) is 0 Å². The van der Waals surface area contributed by atoms with Crippen LogP contribution in [-0.2, 0) is 4.94 Å². The van der Waals surface area contributed by atoms with Gasteiger partial charge in [-0.1, -0.05) is 12.8 Å². The van der Waals surface area contributed by atoms with Gasteiger partial charge in [-0.15, -0.1) is 0 Å². The fourth-order valence-electron chi connectivity index (χ4n) is 1.02. The van der Waals surface area contributed by atoms with E-state index in [1.165, 1.54) is 0 Å². The van der Waals surface area contributed by atoms with Crippen LogP contribution < -0.4 is 10.6 Å². The van der Waals surface area contributed by atoms with E-state index in [0.717, 1.165) is 19.3 Å². The number of hydrogen-bond donors (Lipinski definition) is 3. The fourth-order valence-corrected chi connectivity index (χ4v) is 1.02. The summed E-state index contributed by atoms with van der Waals surface area (Å²) < 4.78 is 11.2. The summed E-state index contributed by atoms with van der Waals surface area (Å²) in [6.07, 6.45) is 1.05. The zero-order valence-electron chi connectivity index (χ0n) is 8.29. The number of hydrogen-bond acceptors (Lipinski definition) is 3. The molecule has 15 heavy (non-hydrogen) atoms. The van der Waals surface area contributed by atoms with E-state index < -0.39 is 12.2 Å². The van der Waals surface area contributed by atoms with Crippen molar-refractivity contribution < 1.29 is 24.2 Å². The number of unbranched alkanes of at least 4 members (excludes halogenated alkanes) is 3. The molecule has 7 heteroatoms. The zero-order chi connectivity index (χ0) is 11.5. The van der Waals surface area contributed by atoms with Crippen molar-refractivity contribution in [3.8, 4) is 0 Å². The molecular formula is C8H15FN2O4. The number of halogens is 1. The molecule has 0 aromatic heterocycles. The Balaban J connectivity index is 3.05. The second-order valence-corrected chi connectivity index (χ2v) is 2.94. The molecule has 6 nitrogen and oxygen atoms in total. The molecule has 0 spiro atoms. The Morgan fingerprint density at radius 2 is 1.60 bits per heavy atom. The molecule has 0 radical (unpaired) electrons. The van der Waals surface area contributed by atoms with Crippen LogP contribution >= 0.6 is 0 Å². The van der Waals surface area contributed by atoms with Crippen LogP contribution in [0.3, 0.4) is 0 Å². The second kappa shape index (κ2) is 9.04. The van der Waals surface area contributed by atoms with Crippen LogP contribution in [0.2, 0.25) is 0 Å². The van der Waals surface area contributed by atoms with E-state index in [0.29, 0.717) is 19.5 Å². The maximum Gasteiger partial charge on any atom is 0.444 e. The predicted octanol–water partition coefficient (Wildman–Crippen LogP) is 1.43. The number of carbonyl (C=O) groups excluding carboxylic acids is 1. The van der Waals surface area contributed by atoms with Crippen LogP contribution in [0.4, 0.5) is 14.1 Å². The van der Waals surface area contributed by atoms with Crippen LogP contribution in [0.1, 0.15) is 25.7 Å². The fraction of sp³-hybridized carbons (Fsp3) is 0.750. The molecule has 0 aliphatic rings. The van der Waals surface area contributed by atoms with E-state index in [2.05, 4.69) is 15.6 Å². The standard InChI is InChI=1S/C8H15FN2O4/c9-15-8(14)11-6-4-2-1-3-5-10-7(12)13/h10H,1-6H2,(H,11,14)(H,12,13). The summed E-state index contributed by atoms with van der Waals surface area (Å²) in [4.78, 5) is 23.2. The summed E-state index contributed by atoms with van der Waals surface area (Å²) >= 11 is 0. The lowest BCUT2D eigenvalue weighted by molar-refractivity contribution is -0.0622. The first-order chi connectivity index (χ1) is 7.16. The largest absolute Gasteiger partial charge is 0.465 e. The quantitative estimate of drug-likeness (QED) is 0.568. The molecular weight excluding hydrogens is 207 g/mol. The van der Waals surface area contributed by atoms with Gasteiger partial charge in [0.1, 0.15) is 0 Å². The lowest BCUT2D eigenvalue weighted by Gasteiger charge is -2.02. The molecule has 3 N–H and O–H groups in total. The summed E-state index contributed by atoms with van der Waals surface area (Å²) in [5, 5.41) is 12.7. The number of rotatable bonds is 7. The Morgan fingerprint density at radius 1 is 1.07 bits per heavy atom. The number of nitrogens with one attached hydrogen (secondary N) is 2. The average Bonchev–Trinajstić information content (AvgIpc) is 2.21. The van der Waals surface area contributed by atoms with E-state index in [9.17, 15) is 14.1 Å². The van der Waals surface area contributed by atoms with Crippen molar-refractivity contribution >= 4 is 12.2 Å². The minimum Gasteiger partial charge on any atom is -0.465 e. The second-order valence-electron chi connectivity index (χ2n) is 2.94. The molecule has 88 valence electrons. The molecule has 2 amide bonds. The van der Waals surface area contributed by atoms with Crippen LogP contribution in [0, 0.1) is 0 Å². The van der Waals surface area contributed by atoms with Crippen molar-refractivity contribution in [1.82, 2.24) is 10.6 Å². The lowest BCUT2D eigenvalue weighted by atomic mass is 10.2. The summed E-state index contributed by atoms with van der Waals surface area (Å²) in [7, 11) is 0. The topological polar surface area (TPSA) is 87.7 Å². The minimum absolute atomic E-state index is 0.356. The Bertz CT molecular complexity index is 201. The molecule has 0 unspecified atom stereocenters. The van der Waals surface area contributed by atoms with Crippen molar-refractivity contribution in [2.45, 2.75) is 25.7 Å². The Hall–Kier alpha value is -1.53.